The van der Waals surface area contributed by atoms with Crippen LogP contribution in [0.2, 0.25) is 0 Å². The molecule has 1 aromatic heterocycles. The highest BCUT2D eigenvalue weighted by molar-refractivity contribution is 6.07. The molecule has 1 heterocycles. The zero-order valence-corrected chi connectivity index (χ0v) is 13.2. The Hall–Kier alpha value is -3.21. The number of ether oxygens (including phenoxy) is 1. The molecule has 0 atom stereocenters. The maximum absolute atomic E-state index is 12.3. The van der Waals surface area contributed by atoms with Crippen LogP contribution in [0.1, 0.15) is 15.9 Å². The maximum Gasteiger partial charge on any atom is 0.387 e. The summed E-state index contributed by atoms with van der Waals surface area (Å²) in [5, 5.41) is 0. The van der Waals surface area contributed by atoms with Crippen molar-refractivity contribution in [3.05, 3.63) is 90.3 Å². The molecule has 25 heavy (non-hydrogen) atoms. The zero-order valence-electron chi connectivity index (χ0n) is 13.2. The van der Waals surface area contributed by atoms with Gasteiger partial charge in [-0.3, -0.25) is 4.79 Å². The minimum Gasteiger partial charge on any atom is -0.435 e. The third kappa shape index (κ3) is 4.41. The van der Waals surface area contributed by atoms with Gasteiger partial charge >= 0.3 is 6.61 Å². The van der Waals surface area contributed by atoms with Crippen molar-refractivity contribution in [1.82, 2.24) is 4.57 Å². The Kier molecular flexibility index (Phi) is 5.04. The molecular weight excluding hydrogens is 324 g/mol. The number of carbonyl (C=O) groups is 1. The fraction of sp³-hybridized carbons (Fsp3) is 0.0500. The molecule has 0 radical (unpaired) electrons. The molecule has 0 unspecified atom stereocenters. The van der Waals surface area contributed by atoms with Gasteiger partial charge in [0.2, 0.25) is 0 Å². The highest BCUT2D eigenvalue weighted by Gasteiger charge is 2.05. The van der Waals surface area contributed by atoms with Gasteiger partial charge in [-0.2, -0.15) is 8.78 Å². The molecule has 0 aliphatic rings. The summed E-state index contributed by atoms with van der Waals surface area (Å²) in [6.07, 6.45) is 6.90. The second-order valence-corrected chi connectivity index (χ2v) is 5.29. The Morgan fingerprint density at radius 2 is 1.72 bits per heavy atom. The van der Waals surface area contributed by atoms with Gasteiger partial charge in [-0.1, -0.05) is 30.3 Å². The topological polar surface area (TPSA) is 31.2 Å². The lowest BCUT2D eigenvalue weighted by molar-refractivity contribution is -0.0498. The summed E-state index contributed by atoms with van der Waals surface area (Å²) in [6.45, 7) is -2.85. The average molecular weight is 339 g/mol. The molecule has 0 bridgehead atoms. The van der Waals surface area contributed by atoms with Crippen molar-refractivity contribution in [3.8, 4) is 11.4 Å². The van der Waals surface area contributed by atoms with E-state index in [1.54, 1.807) is 24.3 Å². The van der Waals surface area contributed by atoms with Crippen LogP contribution in [-0.4, -0.2) is 17.0 Å². The van der Waals surface area contributed by atoms with E-state index in [2.05, 4.69) is 4.74 Å². The summed E-state index contributed by atoms with van der Waals surface area (Å²) in [6, 6.07) is 17.2. The molecule has 0 aliphatic carbocycles. The molecule has 0 aliphatic heterocycles. The van der Waals surface area contributed by atoms with Gasteiger partial charge in [0.05, 0.1) is 0 Å². The van der Waals surface area contributed by atoms with Crippen molar-refractivity contribution in [3.63, 3.8) is 0 Å². The first-order valence-electron chi connectivity index (χ1n) is 7.62. The minimum atomic E-state index is -2.85. The lowest BCUT2D eigenvalue weighted by Gasteiger charge is -2.05. The van der Waals surface area contributed by atoms with Crippen molar-refractivity contribution in [2.24, 2.45) is 0 Å². The number of allylic oxidation sites excluding steroid dienone is 1. The number of ketones is 1. The first kappa shape index (κ1) is 16.6. The average Bonchev–Trinajstić information content (AvgIpc) is 3.15. The summed E-state index contributed by atoms with van der Waals surface area (Å²) in [5.41, 5.74) is 2.19. The third-order valence-electron chi connectivity index (χ3n) is 3.57. The number of nitrogens with zero attached hydrogens (tertiary/aromatic N) is 1. The van der Waals surface area contributed by atoms with Gasteiger partial charge in [-0.05, 0) is 48.0 Å². The van der Waals surface area contributed by atoms with Crippen molar-refractivity contribution in [2.45, 2.75) is 6.61 Å². The quantitative estimate of drug-likeness (QED) is 0.469. The summed E-state index contributed by atoms with van der Waals surface area (Å²) >= 11 is 0. The van der Waals surface area contributed by atoms with Crippen LogP contribution in [0, 0.1) is 0 Å². The second kappa shape index (κ2) is 7.57. The molecule has 3 nitrogen and oxygen atoms in total. The number of halogens is 2. The van der Waals surface area contributed by atoms with Crippen LogP contribution in [0.15, 0.2) is 79.1 Å². The molecule has 2 aromatic carbocycles. The number of hydrogen-bond acceptors (Lipinski definition) is 2. The lowest BCUT2D eigenvalue weighted by atomic mass is 10.1. The van der Waals surface area contributed by atoms with E-state index in [9.17, 15) is 13.6 Å². The minimum absolute atomic E-state index is 0.0814. The number of hydrogen-bond donors (Lipinski definition) is 0. The van der Waals surface area contributed by atoms with E-state index < -0.39 is 6.61 Å². The van der Waals surface area contributed by atoms with Crippen LogP contribution in [0.25, 0.3) is 11.8 Å². The maximum atomic E-state index is 12.3. The first-order valence-corrected chi connectivity index (χ1v) is 7.62. The van der Waals surface area contributed by atoms with Crippen molar-refractivity contribution >= 4 is 11.9 Å². The highest BCUT2D eigenvalue weighted by Crippen LogP contribution is 2.16. The Bertz CT molecular complexity index is 869. The largest absolute Gasteiger partial charge is 0.435 e. The van der Waals surface area contributed by atoms with E-state index in [4.69, 9.17) is 0 Å². The molecule has 0 N–H and O–H groups in total. The van der Waals surface area contributed by atoms with Gasteiger partial charge in [0.1, 0.15) is 5.75 Å². The first-order chi connectivity index (χ1) is 12.1. The van der Waals surface area contributed by atoms with Crippen LogP contribution < -0.4 is 4.74 Å². The van der Waals surface area contributed by atoms with Gasteiger partial charge < -0.3 is 9.30 Å². The Morgan fingerprint density at radius 3 is 2.40 bits per heavy atom. The van der Waals surface area contributed by atoms with Crippen LogP contribution in [0.3, 0.4) is 0 Å². The zero-order chi connectivity index (χ0) is 17.6. The van der Waals surface area contributed by atoms with Gasteiger partial charge in [0, 0.05) is 23.6 Å². The smallest absolute Gasteiger partial charge is 0.387 e. The van der Waals surface area contributed by atoms with Gasteiger partial charge in [-0.25, -0.2) is 0 Å². The molecule has 0 fully saturated rings. The third-order valence-corrected chi connectivity index (χ3v) is 3.57. The highest BCUT2D eigenvalue weighted by atomic mass is 19.3. The molecule has 3 rings (SSSR count). The molecule has 126 valence electrons. The summed E-state index contributed by atoms with van der Waals surface area (Å²) in [4.78, 5) is 12.3. The monoisotopic (exact) mass is 339 g/mol. The van der Waals surface area contributed by atoms with Gasteiger partial charge in [0.15, 0.2) is 5.78 Å². The Balaban J connectivity index is 1.71. The summed E-state index contributed by atoms with van der Waals surface area (Å²) < 4.78 is 30.4. The molecule has 3 aromatic rings. The molecule has 0 saturated carbocycles. The number of benzene rings is 2. The van der Waals surface area contributed by atoms with Crippen LogP contribution in [-0.2, 0) is 0 Å². The fourth-order valence-corrected chi connectivity index (χ4v) is 2.35. The Labute approximate surface area is 143 Å². The number of carbonyl (C=O) groups excluding carboxylic acids is 1. The van der Waals surface area contributed by atoms with Gasteiger partial charge in [0.25, 0.3) is 0 Å². The molecule has 0 spiro atoms. The summed E-state index contributed by atoms with van der Waals surface area (Å²) in [7, 11) is 0. The van der Waals surface area contributed by atoms with Crippen molar-refractivity contribution in [1.29, 1.82) is 0 Å². The predicted octanol–water partition coefficient (Wildman–Crippen LogP) is 4.97. The summed E-state index contributed by atoms with van der Waals surface area (Å²) in [5.74, 6) is -0.0557. The van der Waals surface area contributed by atoms with Crippen LogP contribution in [0.4, 0.5) is 8.78 Å². The van der Waals surface area contributed by atoms with E-state index in [1.165, 1.54) is 18.2 Å². The Morgan fingerprint density at radius 1 is 1.00 bits per heavy atom. The van der Waals surface area contributed by atoms with Crippen LogP contribution >= 0.6 is 0 Å². The fourth-order valence-electron chi connectivity index (χ4n) is 2.35. The van der Waals surface area contributed by atoms with Gasteiger partial charge in [-0.15, -0.1) is 0 Å². The van der Waals surface area contributed by atoms with E-state index in [0.29, 0.717) is 5.56 Å². The SMILES string of the molecule is O=C(/C=C/c1ccc(OC(F)F)cc1)c1cccc(-n2cccc2)c1. The van der Waals surface area contributed by atoms with E-state index in [0.717, 1.165) is 11.3 Å². The van der Waals surface area contributed by atoms with E-state index in [1.807, 2.05) is 47.3 Å². The number of alkyl halides is 2. The standard InChI is InChI=1S/C20H15F2NO2/c21-20(22)25-18-9-6-15(7-10-18)8-11-19(24)16-4-3-5-17(14-16)23-12-1-2-13-23/h1-14,20H/b11-8+. The molecule has 0 saturated heterocycles. The number of rotatable bonds is 6. The second-order valence-electron chi connectivity index (χ2n) is 5.29. The normalized spacial score (nSPS) is 11.2. The number of aromatic nitrogens is 1. The molecule has 0 amide bonds. The van der Waals surface area contributed by atoms with E-state index in [-0.39, 0.29) is 11.5 Å². The van der Waals surface area contributed by atoms with Crippen molar-refractivity contribution < 1.29 is 18.3 Å². The molecular formula is C20H15F2NO2. The van der Waals surface area contributed by atoms with Crippen molar-refractivity contribution in [2.75, 3.05) is 0 Å². The predicted molar refractivity (Wildman–Crippen MR) is 92.2 cm³/mol. The van der Waals surface area contributed by atoms with E-state index >= 15 is 0 Å². The molecule has 5 heteroatoms. The van der Waals surface area contributed by atoms with Crippen LogP contribution in [0.5, 0.6) is 5.75 Å². The lowest BCUT2D eigenvalue weighted by Crippen LogP contribution is -2.01.